The molecule has 0 spiro atoms. The van der Waals surface area contributed by atoms with Crippen molar-refractivity contribution in [2.24, 2.45) is 5.92 Å². The lowest BCUT2D eigenvalue weighted by atomic mass is 9.86. The lowest BCUT2D eigenvalue weighted by Crippen LogP contribution is -2.25. The molecule has 1 aromatic rings. The summed E-state index contributed by atoms with van der Waals surface area (Å²) in [5, 5.41) is 4.27. The number of hydrogen-bond donors (Lipinski definition) is 0. The Hall–Kier alpha value is -2.08. The molecule has 1 fully saturated rings. The van der Waals surface area contributed by atoms with E-state index in [1.807, 2.05) is 12.1 Å². The molecule has 0 atom stereocenters. The number of hydrogen-bond acceptors (Lipinski definition) is 6. The van der Waals surface area contributed by atoms with Crippen molar-refractivity contribution in [2.75, 3.05) is 0 Å². The Morgan fingerprint density at radius 3 is 2.15 bits per heavy atom. The van der Waals surface area contributed by atoms with Crippen LogP contribution >= 0.6 is 0 Å². The summed E-state index contributed by atoms with van der Waals surface area (Å²) in [6, 6.07) is 6.96. The molecule has 0 heterocycles. The Morgan fingerprint density at radius 1 is 1.00 bits per heavy atom. The number of ether oxygens (including phenoxy) is 1. The summed E-state index contributed by atoms with van der Waals surface area (Å²) in [5.74, 6) is -0.0468. The van der Waals surface area contributed by atoms with Gasteiger partial charge in [-0.15, -0.1) is 0 Å². The molecule has 1 saturated carbocycles. The second-order valence-electron chi connectivity index (χ2n) is 7.77. The summed E-state index contributed by atoms with van der Waals surface area (Å²) < 4.78 is 5.15. The molecule has 1 aromatic carbocycles. The first kappa shape index (κ1) is 20.2. The van der Waals surface area contributed by atoms with Gasteiger partial charge in [0.15, 0.2) is 0 Å². The van der Waals surface area contributed by atoms with Crippen molar-refractivity contribution in [3.8, 4) is 0 Å². The maximum Gasteiger partial charge on any atom is 0.543 e. The minimum Gasteiger partial charge on any atom is -0.429 e. The molecule has 0 aromatic heterocycles. The summed E-state index contributed by atoms with van der Waals surface area (Å²) in [4.78, 5) is 32.3. The summed E-state index contributed by atoms with van der Waals surface area (Å²) in [5.41, 5.74) is 1.38. The lowest BCUT2D eigenvalue weighted by molar-refractivity contribution is -0.453. The van der Waals surface area contributed by atoms with Crippen LogP contribution < -0.4 is 0 Å². The maximum atomic E-state index is 11.9. The largest absolute Gasteiger partial charge is 0.543 e. The van der Waals surface area contributed by atoms with Gasteiger partial charge in [-0.3, -0.25) is 4.89 Å². The topological polar surface area (TPSA) is 71.1 Å². The van der Waals surface area contributed by atoms with E-state index in [1.165, 1.54) is 0 Å². The molecule has 6 heteroatoms. The Kier molecular flexibility index (Phi) is 7.03. The van der Waals surface area contributed by atoms with Crippen LogP contribution in [0.15, 0.2) is 24.3 Å². The van der Waals surface area contributed by atoms with E-state index in [2.05, 4.69) is 42.5 Å². The van der Waals surface area contributed by atoms with Gasteiger partial charge in [-0.1, -0.05) is 46.2 Å². The highest BCUT2D eigenvalue weighted by Gasteiger charge is 2.24. The molecule has 0 bridgehead atoms. The minimum atomic E-state index is -0.999. The molecule has 1 aliphatic carbocycles. The van der Waals surface area contributed by atoms with Crippen molar-refractivity contribution in [1.29, 1.82) is 0 Å². The molecule has 0 unspecified atom stereocenters. The molecule has 1 aliphatic rings. The monoisotopic (exact) mass is 364 g/mol. The first-order valence-electron chi connectivity index (χ1n) is 9.16. The molecule has 0 radical (unpaired) electrons. The normalized spacial score (nSPS) is 20.3. The summed E-state index contributed by atoms with van der Waals surface area (Å²) in [6.45, 7) is 8.41. The first-order valence-corrected chi connectivity index (χ1v) is 9.16. The molecular formula is C20H28O6. The third-order valence-electron chi connectivity index (χ3n) is 4.83. The molecule has 2 rings (SSSR count). The predicted octanol–water partition coefficient (Wildman–Crippen LogP) is 5.11. The molecule has 0 aliphatic heterocycles. The zero-order valence-corrected chi connectivity index (χ0v) is 15.9. The van der Waals surface area contributed by atoms with E-state index < -0.39 is 12.1 Å². The van der Waals surface area contributed by atoms with E-state index in [0.717, 1.165) is 37.7 Å². The van der Waals surface area contributed by atoms with Crippen LogP contribution in [0.1, 0.15) is 75.7 Å². The van der Waals surface area contributed by atoms with E-state index in [0.29, 0.717) is 11.5 Å². The van der Waals surface area contributed by atoms with Crippen molar-refractivity contribution in [2.45, 2.75) is 71.3 Å². The van der Waals surface area contributed by atoms with Gasteiger partial charge in [0.1, 0.15) is 6.10 Å². The van der Waals surface area contributed by atoms with Crippen LogP contribution in [0, 0.1) is 5.92 Å². The van der Waals surface area contributed by atoms with Gasteiger partial charge >= 0.3 is 12.1 Å². The quantitative estimate of drug-likeness (QED) is 0.411. The number of carbonyl (C=O) groups excluding carboxylic acids is 2. The Morgan fingerprint density at radius 2 is 1.62 bits per heavy atom. The summed E-state index contributed by atoms with van der Waals surface area (Å²) in [6.07, 6.45) is 3.67. The zero-order valence-electron chi connectivity index (χ0n) is 15.9. The van der Waals surface area contributed by atoms with Crippen molar-refractivity contribution in [3.05, 3.63) is 35.4 Å². The fraction of sp³-hybridized carbons (Fsp3) is 0.600. The molecule has 26 heavy (non-hydrogen) atoms. The van der Waals surface area contributed by atoms with E-state index in [4.69, 9.17) is 4.74 Å². The standard InChI is InChI=1S/C20H28O6/c1-5-14-6-12-17(13-7-14)23-19(22)25-26-24-18(21)15-8-10-16(11-9-15)20(2,3)4/h8-11,14,17H,5-7,12-13H2,1-4H3. The molecule has 0 saturated heterocycles. The van der Waals surface area contributed by atoms with Gasteiger partial charge in [0, 0.05) is 0 Å². The van der Waals surface area contributed by atoms with Crippen molar-refractivity contribution in [3.63, 3.8) is 0 Å². The van der Waals surface area contributed by atoms with Crippen molar-refractivity contribution < 1.29 is 29.1 Å². The first-order chi connectivity index (χ1) is 12.3. The van der Waals surface area contributed by atoms with Crippen LogP contribution in [-0.4, -0.2) is 18.2 Å². The van der Waals surface area contributed by atoms with Gasteiger partial charge < -0.3 is 4.74 Å². The smallest absolute Gasteiger partial charge is 0.429 e. The number of carbonyl (C=O) groups is 2. The van der Waals surface area contributed by atoms with Crippen LogP contribution in [0.25, 0.3) is 0 Å². The van der Waals surface area contributed by atoms with Gasteiger partial charge in [-0.25, -0.2) is 14.5 Å². The molecular weight excluding hydrogens is 336 g/mol. The van der Waals surface area contributed by atoms with Crippen LogP contribution in [0.4, 0.5) is 4.79 Å². The highest BCUT2D eigenvalue weighted by atomic mass is 17.5. The molecule has 144 valence electrons. The minimum absolute atomic E-state index is 0.0118. The SMILES string of the molecule is CCC1CCC(OC(=O)OOOC(=O)c2ccc(C(C)(C)C)cc2)CC1. The van der Waals surface area contributed by atoms with E-state index >= 15 is 0 Å². The number of rotatable bonds is 5. The second kappa shape index (κ2) is 9.03. The van der Waals surface area contributed by atoms with Crippen molar-refractivity contribution >= 4 is 12.1 Å². The molecule has 0 amide bonds. The summed E-state index contributed by atoms with van der Waals surface area (Å²) in [7, 11) is 0. The fourth-order valence-electron chi connectivity index (χ4n) is 3.04. The summed E-state index contributed by atoms with van der Waals surface area (Å²) >= 11 is 0. The number of benzene rings is 1. The van der Waals surface area contributed by atoms with E-state index in [1.54, 1.807) is 12.1 Å². The average Bonchev–Trinajstić information content (AvgIpc) is 2.61. The van der Waals surface area contributed by atoms with Crippen LogP contribution in [-0.2, 0) is 25.0 Å². The third kappa shape index (κ3) is 6.02. The van der Waals surface area contributed by atoms with Crippen LogP contribution in [0.2, 0.25) is 0 Å². The van der Waals surface area contributed by atoms with Gasteiger partial charge in [-0.2, -0.15) is 0 Å². The van der Waals surface area contributed by atoms with Gasteiger partial charge in [0.25, 0.3) is 0 Å². The van der Waals surface area contributed by atoms with Crippen molar-refractivity contribution in [1.82, 2.24) is 0 Å². The van der Waals surface area contributed by atoms with Crippen LogP contribution in [0.5, 0.6) is 0 Å². The Balaban J connectivity index is 1.70. The third-order valence-corrected chi connectivity index (χ3v) is 4.83. The molecule has 6 nitrogen and oxygen atoms in total. The van der Waals surface area contributed by atoms with E-state index in [-0.39, 0.29) is 11.5 Å². The van der Waals surface area contributed by atoms with Gasteiger partial charge in [0.2, 0.25) is 0 Å². The maximum absolute atomic E-state index is 11.9. The predicted molar refractivity (Wildman–Crippen MR) is 95.2 cm³/mol. The average molecular weight is 364 g/mol. The van der Waals surface area contributed by atoms with E-state index in [9.17, 15) is 9.59 Å². The van der Waals surface area contributed by atoms with Crippen LogP contribution in [0.3, 0.4) is 0 Å². The second-order valence-corrected chi connectivity index (χ2v) is 7.77. The van der Waals surface area contributed by atoms with Gasteiger partial charge in [0.05, 0.1) is 10.6 Å². The van der Waals surface area contributed by atoms with Gasteiger partial charge in [-0.05, 0) is 54.7 Å². The lowest BCUT2D eigenvalue weighted by Gasteiger charge is -2.26. The highest BCUT2D eigenvalue weighted by Crippen LogP contribution is 2.28. The molecule has 0 N–H and O–H groups in total. The Bertz CT molecular complexity index is 594. The fourth-order valence-corrected chi connectivity index (χ4v) is 3.04. The Labute approximate surface area is 154 Å². The zero-order chi connectivity index (χ0) is 19.2. The highest BCUT2D eigenvalue weighted by molar-refractivity contribution is 5.88.